The SMILES string of the molecule is Cc1ccc(CC(C)NC(=O)C(C)CN)s1.Cl. The number of rotatable bonds is 5. The molecule has 0 aromatic carbocycles. The molecule has 1 aromatic heterocycles. The average Bonchev–Trinajstić information content (AvgIpc) is 2.62. The Labute approximate surface area is 113 Å². The fourth-order valence-electron chi connectivity index (χ4n) is 1.44. The van der Waals surface area contributed by atoms with Gasteiger partial charge in [0.2, 0.25) is 5.91 Å². The summed E-state index contributed by atoms with van der Waals surface area (Å²) in [6.07, 6.45) is 0.890. The number of nitrogens with two attached hydrogens (primary N) is 1. The van der Waals surface area contributed by atoms with E-state index in [0.717, 1.165) is 6.42 Å². The van der Waals surface area contributed by atoms with Gasteiger partial charge in [-0.2, -0.15) is 0 Å². The first kappa shape index (κ1) is 16.4. The predicted octanol–water partition coefficient (Wildman–Crippen LogP) is 2.12. The zero-order chi connectivity index (χ0) is 12.1. The third-order valence-electron chi connectivity index (χ3n) is 2.49. The number of aryl methyl sites for hydroxylation is 1. The van der Waals surface area contributed by atoms with E-state index in [1.807, 2.05) is 13.8 Å². The van der Waals surface area contributed by atoms with E-state index in [4.69, 9.17) is 5.73 Å². The van der Waals surface area contributed by atoms with Crippen LogP contribution in [0.2, 0.25) is 0 Å². The van der Waals surface area contributed by atoms with Crippen molar-refractivity contribution in [3.8, 4) is 0 Å². The minimum Gasteiger partial charge on any atom is -0.353 e. The summed E-state index contributed by atoms with van der Waals surface area (Å²) in [5, 5.41) is 2.98. The van der Waals surface area contributed by atoms with Crippen LogP contribution in [0.15, 0.2) is 12.1 Å². The molecule has 1 amide bonds. The Hall–Kier alpha value is -0.580. The lowest BCUT2D eigenvalue weighted by Crippen LogP contribution is -2.39. The monoisotopic (exact) mass is 276 g/mol. The normalized spacial score (nSPS) is 13.6. The molecule has 1 heterocycles. The predicted molar refractivity (Wildman–Crippen MR) is 75.8 cm³/mol. The van der Waals surface area contributed by atoms with Crippen LogP contribution < -0.4 is 11.1 Å². The molecule has 0 aliphatic heterocycles. The second kappa shape index (κ2) is 7.69. The molecular formula is C12H21ClN2OS. The van der Waals surface area contributed by atoms with Gasteiger partial charge in [0.05, 0.1) is 0 Å². The highest BCUT2D eigenvalue weighted by atomic mass is 35.5. The van der Waals surface area contributed by atoms with Crippen LogP contribution in [0, 0.1) is 12.8 Å². The maximum absolute atomic E-state index is 11.6. The molecule has 0 aliphatic carbocycles. The van der Waals surface area contributed by atoms with E-state index in [-0.39, 0.29) is 30.3 Å². The molecule has 2 atom stereocenters. The van der Waals surface area contributed by atoms with Crippen LogP contribution in [0.25, 0.3) is 0 Å². The molecule has 0 fully saturated rings. The van der Waals surface area contributed by atoms with Crippen molar-refractivity contribution in [2.45, 2.75) is 33.2 Å². The Bertz CT molecular complexity index is 354. The van der Waals surface area contributed by atoms with Crippen LogP contribution >= 0.6 is 23.7 Å². The Morgan fingerprint density at radius 3 is 2.59 bits per heavy atom. The van der Waals surface area contributed by atoms with Gasteiger partial charge in [0.15, 0.2) is 0 Å². The Morgan fingerprint density at radius 2 is 2.12 bits per heavy atom. The number of hydrogen-bond acceptors (Lipinski definition) is 3. The van der Waals surface area contributed by atoms with Crippen LogP contribution in [-0.2, 0) is 11.2 Å². The van der Waals surface area contributed by atoms with Crippen molar-refractivity contribution in [3.63, 3.8) is 0 Å². The number of hydrogen-bond donors (Lipinski definition) is 2. The summed E-state index contributed by atoms with van der Waals surface area (Å²) in [6.45, 7) is 6.36. The quantitative estimate of drug-likeness (QED) is 0.866. The van der Waals surface area contributed by atoms with Crippen molar-refractivity contribution in [1.29, 1.82) is 0 Å². The summed E-state index contributed by atoms with van der Waals surface area (Å²) in [7, 11) is 0. The molecule has 17 heavy (non-hydrogen) atoms. The number of nitrogens with one attached hydrogen (secondary N) is 1. The zero-order valence-electron chi connectivity index (χ0n) is 10.5. The number of halogens is 1. The smallest absolute Gasteiger partial charge is 0.224 e. The molecule has 3 N–H and O–H groups in total. The minimum atomic E-state index is -0.104. The summed E-state index contributed by atoms with van der Waals surface area (Å²) in [4.78, 5) is 14.2. The van der Waals surface area contributed by atoms with E-state index in [0.29, 0.717) is 6.54 Å². The molecule has 98 valence electrons. The van der Waals surface area contributed by atoms with Crippen molar-refractivity contribution in [2.75, 3.05) is 6.54 Å². The molecule has 0 saturated carbocycles. The van der Waals surface area contributed by atoms with Crippen LogP contribution in [-0.4, -0.2) is 18.5 Å². The van der Waals surface area contributed by atoms with E-state index in [9.17, 15) is 4.79 Å². The molecule has 0 spiro atoms. The summed E-state index contributed by atoms with van der Waals surface area (Å²) >= 11 is 1.78. The number of thiophene rings is 1. The Balaban J connectivity index is 0.00000256. The number of amides is 1. The number of carbonyl (C=O) groups excluding carboxylic acids is 1. The molecule has 1 aromatic rings. The molecule has 3 nitrogen and oxygen atoms in total. The molecule has 0 saturated heterocycles. The van der Waals surface area contributed by atoms with E-state index < -0.39 is 0 Å². The van der Waals surface area contributed by atoms with Crippen molar-refractivity contribution >= 4 is 29.7 Å². The molecule has 0 radical (unpaired) electrons. The van der Waals surface area contributed by atoms with Gasteiger partial charge in [-0.1, -0.05) is 6.92 Å². The van der Waals surface area contributed by atoms with E-state index in [2.05, 4.69) is 24.4 Å². The summed E-state index contributed by atoms with van der Waals surface area (Å²) in [5.74, 6) is -0.0594. The van der Waals surface area contributed by atoms with Gasteiger partial charge >= 0.3 is 0 Å². The molecular weight excluding hydrogens is 256 g/mol. The molecule has 5 heteroatoms. The molecule has 0 bridgehead atoms. The summed E-state index contributed by atoms with van der Waals surface area (Å²) < 4.78 is 0. The first-order valence-electron chi connectivity index (χ1n) is 5.58. The van der Waals surface area contributed by atoms with Crippen LogP contribution in [0.3, 0.4) is 0 Å². The first-order chi connectivity index (χ1) is 7.52. The van der Waals surface area contributed by atoms with Gasteiger partial charge in [-0.05, 0) is 26.0 Å². The standard InChI is InChI=1S/C12H20N2OS.ClH/c1-8(7-13)12(15)14-9(2)6-11-5-4-10(3)16-11;/h4-5,8-9H,6-7,13H2,1-3H3,(H,14,15);1H. The topological polar surface area (TPSA) is 55.1 Å². The largest absolute Gasteiger partial charge is 0.353 e. The fourth-order valence-corrected chi connectivity index (χ4v) is 2.46. The maximum Gasteiger partial charge on any atom is 0.224 e. The van der Waals surface area contributed by atoms with Crippen LogP contribution in [0.4, 0.5) is 0 Å². The van der Waals surface area contributed by atoms with E-state index >= 15 is 0 Å². The van der Waals surface area contributed by atoms with Gasteiger partial charge in [-0.15, -0.1) is 23.7 Å². The minimum absolute atomic E-state index is 0. The second-order valence-electron chi connectivity index (χ2n) is 4.26. The van der Waals surface area contributed by atoms with Crippen molar-refractivity contribution < 1.29 is 4.79 Å². The van der Waals surface area contributed by atoms with Gasteiger partial charge in [0.1, 0.15) is 0 Å². The van der Waals surface area contributed by atoms with Crippen molar-refractivity contribution in [3.05, 3.63) is 21.9 Å². The van der Waals surface area contributed by atoms with Crippen molar-refractivity contribution in [2.24, 2.45) is 11.7 Å². The van der Waals surface area contributed by atoms with Gasteiger partial charge in [-0.25, -0.2) is 0 Å². The molecule has 0 aliphatic rings. The second-order valence-corrected chi connectivity index (χ2v) is 5.64. The molecule has 2 unspecified atom stereocenters. The van der Waals surface area contributed by atoms with E-state index in [1.165, 1.54) is 9.75 Å². The highest BCUT2D eigenvalue weighted by Crippen LogP contribution is 2.16. The summed E-state index contributed by atoms with van der Waals surface area (Å²) in [6, 6.07) is 4.39. The van der Waals surface area contributed by atoms with E-state index in [1.54, 1.807) is 11.3 Å². The van der Waals surface area contributed by atoms with Gasteiger partial charge in [-0.3, -0.25) is 4.79 Å². The lowest BCUT2D eigenvalue weighted by molar-refractivity contribution is -0.124. The Kier molecular flexibility index (Phi) is 7.43. The highest BCUT2D eigenvalue weighted by molar-refractivity contribution is 7.11. The maximum atomic E-state index is 11.6. The Morgan fingerprint density at radius 1 is 1.47 bits per heavy atom. The average molecular weight is 277 g/mol. The molecule has 1 rings (SSSR count). The van der Waals surface area contributed by atoms with Gasteiger partial charge in [0, 0.05) is 34.7 Å². The van der Waals surface area contributed by atoms with Gasteiger partial charge in [0.25, 0.3) is 0 Å². The fraction of sp³-hybridized carbons (Fsp3) is 0.583. The zero-order valence-corrected chi connectivity index (χ0v) is 12.2. The number of carbonyl (C=O) groups is 1. The van der Waals surface area contributed by atoms with Gasteiger partial charge < -0.3 is 11.1 Å². The summed E-state index contributed by atoms with van der Waals surface area (Å²) in [5.41, 5.74) is 5.45. The lowest BCUT2D eigenvalue weighted by atomic mass is 10.1. The first-order valence-corrected chi connectivity index (χ1v) is 6.40. The van der Waals surface area contributed by atoms with Crippen LogP contribution in [0.5, 0.6) is 0 Å². The van der Waals surface area contributed by atoms with Crippen molar-refractivity contribution in [1.82, 2.24) is 5.32 Å². The highest BCUT2D eigenvalue weighted by Gasteiger charge is 2.14. The third-order valence-corrected chi connectivity index (χ3v) is 3.52. The van der Waals surface area contributed by atoms with Crippen LogP contribution in [0.1, 0.15) is 23.6 Å². The third kappa shape index (κ3) is 5.52. The lowest BCUT2D eigenvalue weighted by Gasteiger charge is -2.15.